The molecule has 0 amide bonds. The van der Waals surface area contributed by atoms with Crippen molar-refractivity contribution in [1.29, 1.82) is 0 Å². The van der Waals surface area contributed by atoms with Crippen LogP contribution in [0.2, 0.25) is 5.28 Å². The highest BCUT2D eigenvalue weighted by molar-refractivity contribution is 6.28. The first-order chi connectivity index (χ1) is 9.33. The Hall–Kier alpha value is -2.29. The minimum absolute atomic E-state index is 0.228. The Labute approximate surface area is 115 Å². The fourth-order valence-corrected chi connectivity index (χ4v) is 1.39. The summed E-state index contributed by atoms with van der Waals surface area (Å²) in [5, 5.41) is -0.248. The van der Waals surface area contributed by atoms with Gasteiger partial charge >= 0.3 is 12.4 Å². The molecule has 0 unspecified atom stereocenters. The fourth-order valence-electron chi connectivity index (χ4n) is 1.23. The lowest BCUT2D eigenvalue weighted by Gasteiger charge is -2.12. The SMILES string of the molecule is Nc1nc(Cl)nc(Oc2ccccc2OC(F)(F)F)n1. The Bertz CT molecular complexity index is 603. The summed E-state index contributed by atoms with van der Waals surface area (Å²) in [6, 6.07) is 4.78. The van der Waals surface area contributed by atoms with Crippen molar-refractivity contribution in [3.63, 3.8) is 0 Å². The second kappa shape index (κ2) is 5.37. The third-order valence-electron chi connectivity index (χ3n) is 1.88. The van der Waals surface area contributed by atoms with Gasteiger partial charge in [0, 0.05) is 0 Å². The summed E-state index contributed by atoms with van der Waals surface area (Å²) < 4.78 is 45.6. The molecule has 1 aromatic carbocycles. The summed E-state index contributed by atoms with van der Waals surface area (Å²) in [4.78, 5) is 10.6. The largest absolute Gasteiger partial charge is 0.573 e. The molecule has 1 heterocycles. The van der Waals surface area contributed by atoms with Crippen LogP contribution in [0.1, 0.15) is 0 Å². The molecule has 0 aliphatic rings. The number of ether oxygens (including phenoxy) is 2. The molecule has 0 saturated heterocycles. The third kappa shape index (κ3) is 3.85. The lowest BCUT2D eigenvalue weighted by atomic mass is 10.3. The highest BCUT2D eigenvalue weighted by Crippen LogP contribution is 2.34. The quantitative estimate of drug-likeness (QED) is 0.938. The summed E-state index contributed by atoms with van der Waals surface area (Å²) in [5.74, 6) is -1.02. The molecule has 0 atom stereocenters. The normalized spacial score (nSPS) is 11.2. The highest BCUT2D eigenvalue weighted by atomic mass is 35.5. The van der Waals surface area contributed by atoms with Crippen LogP contribution in [0.25, 0.3) is 0 Å². The maximum Gasteiger partial charge on any atom is 0.573 e. The van der Waals surface area contributed by atoms with Gasteiger partial charge < -0.3 is 15.2 Å². The molecule has 1 aromatic heterocycles. The van der Waals surface area contributed by atoms with Gasteiger partial charge in [0.15, 0.2) is 11.5 Å². The van der Waals surface area contributed by atoms with Gasteiger partial charge in [-0.25, -0.2) is 0 Å². The lowest BCUT2D eigenvalue weighted by Crippen LogP contribution is -2.17. The number of halogens is 4. The van der Waals surface area contributed by atoms with Gasteiger partial charge in [-0.2, -0.15) is 15.0 Å². The maximum atomic E-state index is 12.2. The molecular weight excluding hydrogens is 301 g/mol. The molecule has 106 valence electrons. The van der Waals surface area contributed by atoms with E-state index in [0.29, 0.717) is 0 Å². The number of nitrogens with two attached hydrogens (primary N) is 1. The van der Waals surface area contributed by atoms with E-state index in [1.54, 1.807) is 0 Å². The Kier molecular flexibility index (Phi) is 3.79. The lowest BCUT2D eigenvalue weighted by molar-refractivity contribution is -0.275. The smallest absolute Gasteiger partial charge is 0.420 e. The average Bonchev–Trinajstić information content (AvgIpc) is 2.28. The predicted octanol–water partition coefficient (Wildman–Crippen LogP) is 2.80. The van der Waals surface area contributed by atoms with Gasteiger partial charge in [0.2, 0.25) is 11.2 Å². The van der Waals surface area contributed by atoms with Crippen LogP contribution in [-0.4, -0.2) is 21.3 Å². The Balaban J connectivity index is 2.29. The van der Waals surface area contributed by atoms with Gasteiger partial charge in [0.25, 0.3) is 0 Å². The van der Waals surface area contributed by atoms with Crippen LogP contribution in [-0.2, 0) is 0 Å². The number of aromatic nitrogens is 3. The molecule has 6 nitrogen and oxygen atoms in total. The molecule has 0 saturated carbocycles. The second-order valence-corrected chi connectivity index (χ2v) is 3.68. The molecule has 2 N–H and O–H groups in total. The molecule has 0 radical (unpaired) electrons. The number of hydrogen-bond donors (Lipinski definition) is 1. The van der Waals surface area contributed by atoms with E-state index in [2.05, 4.69) is 19.7 Å². The van der Waals surface area contributed by atoms with E-state index in [4.69, 9.17) is 22.1 Å². The van der Waals surface area contributed by atoms with Crippen LogP contribution >= 0.6 is 11.6 Å². The summed E-state index contributed by atoms with van der Waals surface area (Å²) in [6.45, 7) is 0. The van der Waals surface area contributed by atoms with Crippen LogP contribution in [0, 0.1) is 0 Å². The molecular formula is C10H6ClF3N4O2. The minimum Gasteiger partial charge on any atom is -0.420 e. The maximum absolute atomic E-state index is 12.2. The summed E-state index contributed by atoms with van der Waals surface area (Å²) >= 11 is 5.53. The molecule has 0 bridgehead atoms. The Morgan fingerprint density at radius 3 is 2.30 bits per heavy atom. The number of nitrogen functional groups attached to an aromatic ring is 1. The molecule has 10 heteroatoms. The van der Waals surface area contributed by atoms with Gasteiger partial charge in [-0.15, -0.1) is 13.2 Å². The number of nitrogens with zero attached hydrogens (tertiary/aromatic N) is 3. The zero-order valence-corrected chi connectivity index (χ0v) is 10.3. The van der Waals surface area contributed by atoms with Crippen LogP contribution in [0.5, 0.6) is 17.5 Å². The monoisotopic (exact) mass is 306 g/mol. The van der Waals surface area contributed by atoms with Crippen molar-refractivity contribution < 1.29 is 22.6 Å². The zero-order chi connectivity index (χ0) is 14.8. The second-order valence-electron chi connectivity index (χ2n) is 3.34. The molecule has 0 aliphatic carbocycles. The number of para-hydroxylation sites is 2. The number of benzene rings is 1. The van der Waals surface area contributed by atoms with E-state index in [9.17, 15) is 13.2 Å². The summed E-state index contributed by atoms with van der Waals surface area (Å²) in [7, 11) is 0. The van der Waals surface area contributed by atoms with Crippen LogP contribution in [0.4, 0.5) is 19.1 Å². The number of rotatable bonds is 3. The average molecular weight is 307 g/mol. The first-order valence-electron chi connectivity index (χ1n) is 5.03. The molecule has 0 spiro atoms. The standard InChI is InChI=1S/C10H6ClF3N4O2/c11-7-16-8(15)18-9(17-7)19-5-3-1-2-4-6(5)20-10(12,13)14/h1-4H,(H2,15,16,17,18). The van der Waals surface area contributed by atoms with E-state index in [-0.39, 0.29) is 23.0 Å². The molecule has 2 aromatic rings. The number of alkyl halides is 3. The van der Waals surface area contributed by atoms with E-state index in [1.807, 2.05) is 0 Å². The number of anilines is 1. The van der Waals surface area contributed by atoms with Crippen LogP contribution in [0.3, 0.4) is 0 Å². The van der Waals surface area contributed by atoms with E-state index < -0.39 is 12.1 Å². The van der Waals surface area contributed by atoms with Crippen molar-refractivity contribution in [1.82, 2.24) is 15.0 Å². The first kappa shape index (κ1) is 14.1. The zero-order valence-electron chi connectivity index (χ0n) is 9.56. The van der Waals surface area contributed by atoms with Gasteiger partial charge in [-0.1, -0.05) is 12.1 Å². The predicted molar refractivity (Wildman–Crippen MR) is 62.4 cm³/mol. The van der Waals surface area contributed by atoms with Crippen molar-refractivity contribution >= 4 is 17.5 Å². The summed E-state index contributed by atoms with van der Waals surface area (Å²) in [6.07, 6.45) is -4.85. The van der Waals surface area contributed by atoms with Gasteiger partial charge in [0.1, 0.15) is 0 Å². The van der Waals surface area contributed by atoms with Crippen LogP contribution < -0.4 is 15.2 Å². The first-order valence-corrected chi connectivity index (χ1v) is 5.41. The van der Waals surface area contributed by atoms with Crippen molar-refractivity contribution in [3.8, 4) is 17.5 Å². The van der Waals surface area contributed by atoms with E-state index in [1.165, 1.54) is 18.2 Å². The Morgan fingerprint density at radius 2 is 1.70 bits per heavy atom. The van der Waals surface area contributed by atoms with Crippen molar-refractivity contribution in [2.75, 3.05) is 5.73 Å². The van der Waals surface area contributed by atoms with Crippen LogP contribution in [0.15, 0.2) is 24.3 Å². The third-order valence-corrected chi connectivity index (χ3v) is 2.05. The van der Waals surface area contributed by atoms with E-state index >= 15 is 0 Å². The minimum atomic E-state index is -4.85. The Morgan fingerprint density at radius 1 is 1.05 bits per heavy atom. The van der Waals surface area contributed by atoms with Gasteiger partial charge in [0.05, 0.1) is 0 Å². The number of hydrogen-bond acceptors (Lipinski definition) is 6. The molecule has 0 fully saturated rings. The molecule has 20 heavy (non-hydrogen) atoms. The topological polar surface area (TPSA) is 83.2 Å². The van der Waals surface area contributed by atoms with Gasteiger partial charge in [-0.05, 0) is 23.7 Å². The molecule has 0 aliphatic heterocycles. The molecule has 2 rings (SSSR count). The van der Waals surface area contributed by atoms with Gasteiger partial charge in [-0.3, -0.25) is 0 Å². The van der Waals surface area contributed by atoms with Crippen molar-refractivity contribution in [2.45, 2.75) is 6.36 Å². The fraction of sp³-hybridized carbons (Fsp3) is 0.100. The van der Waals surface area contributed by atoms with Crippen molar-refractivity contribution in [2.24, 2.45) is 0 Å². The van der Waals surface area contributed by atoms with E-state index in [0.717, 1.165) is 6.07 Å². The van der Waals surface area contributed by atoms with Crippen molar-refractivity contribution in [3.05, 3.63) is 29.5 Å². The highest BCUT2D eigenvalue weighted by Gasteiger charge is 2.32. The summed E-state index contributed by atoms with van der Waals surface area (Å²) in [5.41, 5.74) is 5.31.